The van der Waals surface area contributed by atoms with Crippen molar-refractivity contribution in [3.05, 3.63) is 63.6 Å². The largest absolute Gasteiger partial charge is 0.325 e. The van der Waals surface area contributed by atoms with Crippen molar-refractivity contribution < 1.29 is 4.79 Å². The van der Waals surface area contributed by atoms with E-state index < -0.39 is 0 Å². The van der Waals surface area contributed by atoms with Gasteiger partial charge >= 0.3 is 0 Å². The maximum Gasteiger partial charge on any atom is 0.238 e. The van der Waals surface area contributed by atoms with Crippen molar-refractivity contribution in [2.24, 2.45) is 0 Å². The molecule has 6 heteroatoms. The summed E-state index contributed by atoms with van der Waals surface area (Å²) in [4.78, 5) is 11.9. The molecule has 2 aromatic rings. The first-order chi connectivity index (χ1) is 11.0. The SMILES string of the molecule is C[C@H](NCC(=O)Nc1ccc(C#N)cc1)c1ccc(Cl)cc1Cl. The molecule has 0 saturated carbocycles. The van der Waals surface area contributed by atoms with Crippen molar-refractivity contribution in [1.82, 2.24) is 5.32 Å². The van der Waals surface area contributed by atoms with Gasteiger partial charge in [-0.3, -0.25) is 4.79 Å². The van der Waals surface area contributed by atoms with Gasteiger partial charge in [-0.25, -0.2) is 0 Å². The predicted molar refractivity (Wildman–Crippen MR) is 92.7 cm³/mol. The molecule has 1 atom stereocenters. The molecular formula is C17H15Cl2N3O. The summed E-state index contributed by atoms with van der Waals surface area (Å²) in [5, 5.41) is 15.7. The summed E-state index contributed by atoms with van der Waals surface area (Å²) in [6.07, 6.45) is 0. The normalized spacial score (nSPS) is 11.6. The first kappa shape index (κ1) is 17.3. The lowest BCUT2D eigenvalue weighted by Gasteiger charge is -2.16. The van der Waals surface area contributed by atoms with Crippen molar-refractivity contribution in [3.8, 4) is 6.07 Å². The fourth-order valence-corrected chi connectivity index (χ4v) is 2.61. The van der Waals surface area contributed by atoms with Crippen LogP contribution in [-0.4, -0.2) is 12.5 Å². The number of nitriles is 1. The number of halogens is 2. The smallest absolute Gasteiger partial charge is 0.238 e. The number of rotatable bonds is 5. The van der Waals surface area contributed by atoms with Gasteiger partial charge in [-0.1, -0.05) is 29.3 Å². The Hall–Kier alpha value is -2.06. The van der Waals surface area contributed by atoms with Crippen LogP contribution in [0.3, 0.4) is 0 Å². The van der Waals surface area contributed by atoms with Crippen molar-refractivity contribution >= 4 is 34.8 Å². The van der Waals surface area contributed by atoms with Gasteiger partial charge in [0.15, 0.2) is 0 Å². The highest BCUT2D eigenvalue weighted by atomic mass is 35.5. The van der Waals surface area contributed by atoms with Gasteiger partial charge in [-0.2, -0.15) is 5.26 Å². The van der Waals surface area contributed by atoms with E-state index in [1.807, 2.05) is 19.1 Å². The molecule has 118 valence electrons. The average molecular weight is 348 g/mol. The van der Waals surface area contributed by atoms with Crippen LogP contribution >= 0.6 is 23.2 Å². The van der Waals surface area contributed by atoms with E-state index in [9.17, 15) is 4.79 Å². The second-order valence-corrected chi connectivity index (χ2v) is 5.85. The highest BCUT2D eigenvalue weighted by Gasteiger charge is 2.11. The van der Waals surface area contributed by atoms with Crippen LogP contribution in [0.4, 0.5) is 5.69 Å². The first-order valence-electron chi connectivity index (χ1n) is 6.98. The summed E-state index contributed by atoms with van der Waals surface area (Å²) in [6, 6.07) is 13.9. The molecule has 2 N–H and O–H groups in total. The Morgan fingerprint density at radius 2 is 1.91 bits per heavy atom. The summed E-state index contributed by atoms with van der Waals surface area (Å²) in [7, 11) is 0. The third kappa shape index (κ3) is 4.97. The minimum Gasteiger partial charge on any atom is -0.325 e. The lowest BCUT2D eigenvalue weighted by molar-refractivity contribution is -0.115. The number of nitrogens with one attached hydrogen (secondary N) is 2. The summed E-state index contributed by atoms with van der Waals surface area (Å²) in [5.41, 5.74) is 2.07. The van der Waals surface area contributed by atoms with Crippen LogP contribution in [0.5, 0.6) is 0 Å². The highest BCUT2D eigenvalue weighted by molar-refractivity contribution is 6.35. The Labute approximate surface area is 145 Å². The summed E-state index contributed by atoms with van der Waals surface area (Å²) >= 11 is 12.0. The third-order valence-electron chi connectivity index (χ3n) is 3.30. The molecule has 0 aromatic heterocycles. The highest BCUT2D eigenvalue weighted by Crippen LogP contribution is 2.25. The number of amides is 1. The van der Waals surface area contributed by atoms with Crippen LogP contribution in [0.15, 0.2) is 42.5 Å². The molecule has 0 fully saturated rings. The molecule has 1 amide bonds. The molecule has 0 heterocycles. The number of carbonyl (C=O) groups is 1. The number of benzene rings is 2. The molecule has 4 nitrogen and oxygen atoms in total. The van der Waals surface area contributed by atoms with E-state index in [4.69, 9.17) is 28.5 Å². The molecule has 0 aliphatic carbocycles. The van der Waals surface area contributed by atoms with Crippen LogP contribution in [0.1, 0.15) is 24.1 Å². The minimum absolute atomic E-state index is 0.0912. The summed E-state index contributed by atoms with van der Waals surface area (Å²) in [5.74, 6) is -0.174. The number of hydrogen-bond donors (Lipinski definition) is 2. The maximum atomic E-state index is 11.9. The van der Waals surface area contributed by atoms with Crippen LogP contribution in [0, 0.1) is 11.3 Å². The second kappa shape index (κ2) is 7.98. The number of anilines is 1. The molecule has 2 aromatic carbocycles. The monoisotopic (exact) mass is 347 g/mol. The molecule has 23 heavy (non-hydrogen) atoms. The molecule has 2 rings (SSSR count). The second-order valence-electron chi connectivity index (χ2n) is 5.01. The van der Waals surface area contributed by atoms with E-state index in [1.54, 1.807) is 36.4 Å². The van der Waals surface area contributed by atoms with Gasteiger partial charge in [0.1, 0.15) is 0 Å². The van der Waals surface area contributed by atoms with Gasteiger partial charge in [0.2, 0.25) is 5.91 Å². The van der Waals surface area contributed by atoms with Crippen molar-refractivity contribution in [3.63, 3.8) is 0 Å². The fourth-order valence-electron chi connectivity index (χ4n) is 2.04. The Kier molecular flexibility index (Phi) is 6.00. The molecule has 0 aliphatic rings. The molecule has 0 radical (unpaired) electrons. The van der Waals surface area contributed by atoms with Gasteiger partial charge in [-0.05, 0) is 48.9 Å². The van der Waals surface area contributed by atoms with Gasteiger partial charge in [0.05, 0.1) is 18.2 Å². The van der Waals surface area contributed by atoms with E-state index in [1.165, 1.54) is 0 Å². The maximum absolute atomic E-state index is 11.9. The fraction of sp³-hybridized carbons (Fsp3) is 0.176. The Morgan fingerprint density at radius 1 is 1.22 bits per heavy atom. The van der Waals surface area contributed by atoms with Gasteiger partial charge in [0.25, 0.3) is 0 Å². The zero-order chi connectivity index (χ0) is 16.8. The molecular weight excluding hydrogens is 333 g/mol. The molecule has 0 saturated heterocycles. The van der Waals surface area contributed by atoms with Gasteiger partial charge in [0, 0.05) is 21.8 Å². The quantitative estimate of drug-likeness (QED) is 0.853. The van der Waals surface area contributed by atoms with E-state index in [2.05, 4.69) is 10.6 Å². The zero-order valence-electron chi connectivity index (χ0n) is 12.4. The molecule has 0 spiro atoms. The average Bonchev–Trinajstić information content (AvgIpc) is 2.53. The lowest BCUT2D eigenvalue weighted by atomic mass is 10.1. The number of nitrogens with zero attached hydrogens (tertiary/aromatic N) is 1. The molecule has 0 aliphatic heterocycles. The van der Waals surface area contributed by atoms with Crippen LogP contribution in [0.25, 0.3) is 0 Å². The number of hydrogen-bond acceptors (Lipinski definition) is 3. The Balaban J connectivity index is 1.89. The van der Waals surface area contributed by atoms with Crippen molar-refractivity contribution in [1.29, 1.82) is 5.26 Å². The van der Waals surface area contributed by atoms with E-state index in [-0.39, 0.29) is 18.5 Å². The van der Waals surface area contributed by atoms with Gasteiger partial charge in [-0.15, -0.1) is 0 Å². The minimum atomic E-state index is -0.174. The zero-order valence-corrected chi connectivity index (χ0v) is 13.9. The summed E-state index contributed by atoms with van der Waals surface area (Å²) in [6.45, 7) is 2.06. The van der Waals surface area contributed by atoms with E-state index >= 15 is 0 Å². The molecule has 0 unspecified atom stereocenters. The lowest BCUT2D eigenvalue weighted by Crippen LogP contribution is -2.30. The summed E-state index contributed by atoms with van der Waals surface area (Å²) < 4.78 is 0. The Bertz CT molecular complexity index is 738. The van der Waals surface area contributed by atoms with Crippen LogP contribution in [0.2, 0.25) is 10.0 Å². The van der Waals surface area contributed by atoms with Crippen LogP contribution in [-0.2, 0) is 4.79 Å². The van der Waals surface area contributed by atoms with Gasteiger partial charge < -0.3 is 10.6 Å². The Morgan fingerprint density at radius 3 is 2.52 bits per heavy atom. The van der Waals surface area contributed by atoms with Crippen LogP contribution < -0.4 is 10.6 Å². The van der Waals surface area contributed by atoms with E-state index in [0.29, 0.717) is 21.3 Å². The topological polar surface area (TPSA) is 64.9 Å². The van der Waals surface area contributed by atoms with E-state index in [0.717, 1.165) is 5.56 Å². The first-order valence-corrected chi connectivity index (χ1v) is 7.73. The third-order valence-corrected chi connectivity index (χ3v) is 3.86. The predicted octanol–water partition coefficient (Wildman–Crippen LogP) is 4.15. The standard InChI is InChI=1S/C17H15Cl2N3O/c1-11(15-7-4-13(18)8-16(15)19)21-10-17(23)22-14-5-2-12(9-20)3-6-14/h2-8,11,21H,10H2,1H3,(H,22,23)/t11-/m0/s1. The van der Waals surface area contributed by atoms with Crippen molar-refractivity contribution in [2.75, 3.05) is 11.9 Å². The van der Waals surface area contributed by atoms with Crippen molar-refractivity contribution in [2.45, 2.75) is 13.0 Å². The number of carbonyl (C=O) groups excluding carboxylic acids is 1. The molecule has 0 bridgehead atoms.